The first-order chi connectivity index (χ1) is 21.7. The summed E-state index contributed by atoms with van der Waals surface area (Å²) in [5, 5.41) is 9.03. The predicted octanol–water partition coefficient (Wildman–Crippen LogP) is 10.9. The molecular weight excluding hydrogens is 562 g/mol. The quantitative estimate of drug-likeness (QED) is 0.207. The number of fused-ring (bicyclic) bond motifs is 7. The summed E-state index contributed by atoms with van der Waals surface area (Å²) in [5.41, 5.74) is 4.29. The van der Waals surface area contributed by atoms with E-state index in [0.717, 1.165) is 60.2 Å². The van der Waals surface area contributed by atoms with Crippen LogP contribution in [0.15, 0.2) is 138 Å². The summed E-state index contributed by atoms with van der Waals surface area (Å²) in [6.07, 6.45) is 0. The van der Waals surface area contributed by atoms with E-state index < -0.39 is 0 Å². The fourth-order valence-electron chi connectivity index (χ4n) is 6.20. The molecule has 2 heterocycles. The van der Waals surface area contributed by atoms with E-state index in [0.29, 0.717) is 22.5 Å². The molecule has 9 rings (SSSR count). The second kappa shape index (κ2) is 9.73. The van der Waals surface area contributed by atoms with Crippen LogP contribution in [0.1, 0.15) is 0 Å². The third kappa shape index (κ3) is 3.96. The average molecular weight is 584 g/mol. The molecule has 4 nitrogen and oxygen atoms in total. The van der Waals surface area contributed by atoms with Gasteiger partial charge in [0.05, 0.1) is 5.02 Å². The van der Waals surface area contributed by atoms with Crippen molar-refractivity contribution in [2.45, 2.75) is 0 Å². The van der Waals surface area contributed by atoms with Crippen molar-refractivity contribution in [1.29, 1.82) is 0 Å². The standard InChI is InChI=1S/C39H22ClN3O/c40-33-14-7-15-34-35(33)32-22-31(29-12-5-6-13-30(29)36(32)44-34)39-42-37(27-18-16-23-8-1-3-10-25(23)20-27)41-38(43-39)28-19-17-24-9-2-4-11-26(24)21-28/h1-22H. The fourth-order valence-corrected chi connectivity index (χ4v) is 6.47. The highest BCUT2D eigenvalue weighted by molar-refractivity contribution is 6.38. The summed E-state index contributed by atoms with van der Waals surface area (Å²) in [6.45, 7) is 0. The molecule has 0 N–H and O–H groups in total. The molecule has 7 aromatic carbocycles. The molecule has 0 saturated heterocycles. The van der Waals surface area contributed by atoms with Crippen molar-refractivity contribution in [2.24, 2.45) is 0 Å². The van der Waals surface area contributed by atoms with Crippen LogP contribution in [0, 0.1) is 0 Å². The zero-order chi connectivity index (χ0) is 29.2. The molecule has 2 aromatic heterocycles. The molecule has 5 heteroatoms. The molecule has 0 saturated carbocycles. The third-order valence-corrected chi connectivity index (χ3v) is 8.66. The summed E-state index contributed by atoms with van der Waals surface area (Å²) < 4.78 is 6.37. The number of furan rings is 1. The minimum Gasteiger partial charge on any atom is -0.455 e. The van der Waals surface area contributed by atoms with Gasteiger partial charge in [0.2, 0.25) is 0 Å². The van der Waals surface area contributed by atoms with E-state index in [2.05, 4.69) is 78.9 Å². The van der Waals surface area contributed by atoms with Crippen LogP contribution in [-0.4, -0.2) is 15.0 Å². The zero-order valence-corrected chi connectivity index (χ0v) is 24.1. The number of halogens is 1. The lowest BCUT2D eigenvalue weighted by Gasteiger charge is -2.12. The lowest BCUT2D eigenvalue weighted by molar-refractivity contribution is 0.672. The predicted molar refractivity (Wildman–Crippen MR) is 181 cm³/mol. The molecule has 0 atom stereocenters. The summed E-state index contributed by atoms with van der Waals surface area (Å²) in [4.78, 5) is 15.3. The lowest BCUT2D eigenvalue weighted by Crippen LogP contribution is -2.01. The van der Waals surface area contributed by atoms with Crippen molar-refractivity contribution < 1.29 is 4.42 Å². The van der Waals surface area contributed by atoms with E-state index >= 15 is 0 Å². The van der Waals surface area contributed by atoms with Crippen LogP contribution in [0.3, 0.4) is 0 Å². The van der Waals surface area contributed by atoms with Crippen molar-refractivity contribution in [3.63, 3.8) is 0 Å². The molecule has 0 aliphatic rings. The fraction of sp³-hybridized carbons (Fsp3) is 0. The van der Waals surface area contributed by atoms with E-state index in [1.807, 2.05) is 54.6 Å². The van der Waals surface area contributed by atoms with Gasteiger partial charge in [0.1, 0.15) is 11.2 Å². The first kappa shape index (κ1) is 25.0. The summed E-state index contributed by atoms with van der Waals surface area (Å²) in [5.74, 6) is 1.82. The van der Waals surface area contributed by atoms with Gasteiger partial charge >= 0.3 is 0 Å². The molecule has 0 amide bonds. The monoisotopic (exact) mass is 583 g/mol. The zero-order valence-electron chi connectivity index (χ0n) is 23.3. The highest BCUT2D eigenvalue weighted by Crippen LogP contribution is 2.41. The van der Waals surface area contributed by atoms with Crippen LogP contribution in [0.4, 0.5) is 0 Å². The summed E-state index contributed by atoms with van der Waals surface area (Å²) >= 11 is 6.73. The molecule has 9 aromatic rings. The number of hydrogen-bond acceptors (Lipinski definition) is 4. The van der Waals surface area contributed by atoms with E-state index in [1.54, 1.807) is 0 Å². The molecule has 0 aliphatic heterocycles. The molecule has 44 heavy (non-hydrogen) atoms. The Labute approximate surface area is 257 Å². The van der Waals surface area contributed by atoms with E-state index in [1.165, 1.54) is 10.8 Å². The van der Waals surface area contributed by atoms with E-state index in [9.17, 15) is 0 Å². The number of nitrogens with zero attached hydrogens (tertiary/aromatic N) is 3. The smallest absolute Gasteiger partial charge is 0.164 e. The Morgan fingerprint density at radius 2 is 1.02 bits per heavy atom. The minimum atomic E-state index is 0.589. The first-order valence-corrected chi connectivity index (χ1v) is 14.8. The van der Waals surface area contributed by atoms with Gasteiger partial charge in [-0.3, -0.25) is 0 Å². The normalized spacial score (nSPS) is 11.8. The van der Waals surface area contributed by atoms with Crippen molar-refractivity contribution in [1.82, 2.24) is 15.0 Å². The second-order valence-electron chi connectivity index (χ2n) is 11.0. The van der Waals surface area contributed by atoms with Gasteiger partial charge in [0.25, 0.3) is 0 Å². The van der Waals surface area contributed by atoms with Gasteiger partial charge in [-0.1, -0.05) is 115 Å². The number of benzene rings is 7. The first-order valence-electron chi connectivity index (χ1n) is 14.5. The molecule has 0 unspecified atom stereocenters. The van der Waals surface area contributed by atoms with Crippen LogP contribution in [-0.2, 0) is 0 Å². The van der Waals surface area contributed by atoms with Gasteiger partial charge < -0.3 is 4.42 Å². The number of rotatable bonds is 3. The molecule has 0 spiro atoms. The number of aromatic nitrogens is 3. The summed E-state index contributed by atoms with van der Waals surface area (Å²) in [6, 6.07) is 45.4. The van der Waals surface area contributed by atoms with Crippen LogP contribution in [0.5, 0.6) is 0 Å². The largest absolute Gasteiger partial charge is 0.455 e. The van der Waals surface area contributed by atoms with Crippen LogP contribution in [0.2, 0.25) is 5.02 Å². The molecule has 0 radical (unpaired) electrons. The Kier molecular flexibility index (Phi) is 5.52. The maximum Gasteiger partial charge on any atom is 0.164 e. The van der Waals surface area contributed by atoms with Crippen molar-refractivity contribution in [3.05, 3.63) is 138 Å². The molecule has 0 bridgehead atoms. The molecular formula is C39H22ClN3O. The van der Waals surface area contributed by atoms with Crippen molar-refractivity contribution in [2.75, 3.05) is 0 Å². The topological polar surface area (TPSA) is 51.8 Å². The highest BCUT2D eigenvalue weighted by Gasteiger charge is 2.20. The molecule has 0 fully saturated rings. The van der Waals surface area contributed by atoms with Crippen LogP contribution >= 0.6 is 11.6 Å². The maximum atomic E-state index is 6.73. The Morgan fingerprint density at radius 3 is 1.68 bits per heavy atom. The van der Waals surface area contributed by atoms with Gasteiger partial charge in [-0.05, 0) is 57.3 Å². The Balaban J connectivity index is 1.35. The van der Waals surface area contributed by atoms with Crippen LogP contribution < -0.4 is 0 Å². The van der Waals surface area contributed by atoms with Crippen LogP contribution in [0.25, 0.3) is 88.4 Å². The van der Waals surface area contributed by atoms with Gasteiger partial charge in [-0.2, -0.15) is 0 Å². The minimum absolute atomic E-state index is 0.589. The van der Waals surface area contributed by atoms with Crippen molar-refractivity contribution >= 4 is 65.9 Å². The van der Waals surface area contributed by atoms with Gasteiger partial charge in [0.15, 0.2) is 17.5 Å². The SMILES string of the molecule is Clc1cccc2oc3c4ccccc4c(-c4nc(-c5ccc6ccccc6c5)nc(-c5ccc6ccccc6c5)n4)cc3c12. The van der Waals surface area contributed by atoms with Gasteiger partial charge in [-0.25, -0.2) is 15.0 Å². The Bertz CT molecular complexity index is 2490. The van der Waals surface area contributed by atoms with Gasteiger partial charge in [-0.15, -0.1) is 0 Å². The van der Waals surface area contributed by atoms with Gasteiger partial charge in [0, 0.05) is 32.8 Å². The highest BCUT2D eigenvalue weighted by atomic mass is 35.5. The molecule has 206 valence electrons. The van der Waals surface area contributed by atoms with E-state index in [-0.39, 0.29) is 0 Å². The van der Waals surface area contributed by atoms with E-state index in [4.69, 9.17) is 31.0 Å². The second-order valence-corrected chi connectivity index (χ2v) is 11.4. The average Bonchev–Trinajstić information content (AvgIpc) is 3.47. The maximum absolute atomic E-state index is 6.73. The molecule has 0 aliphatic carbocycles. The van der Waals surface area contributed by atoms with Crippen molar-refractivity contribution in [3.8, 4) is 34.2 Å². The summed E-state index contributed by atoms with van der Waals surface area (Å²) in [7, 11) is 0. The Hall–Kier alpha value is -5.58. The Morgan fingerprint density at radius 1 is 0.455 bits per heavy atom. The third-order valence-electron chi connectivity index (χ3n) is 8.34. The number of hydrogen-bond donors (Lipinski definition) is 0. The lowest BCUT2D eigenvalue weighted by atomic mass is 9.99.